The Morgan fingerprint density at radius 3 is 2.65 bits per heavy atom. The van der Waals surface area contributed by atoms with Crippen molar-refractivity contribution in [3.63, 3.8) is 0 Å². The van der Waals surface area contributed by atoms with Gasteiger partial charge in [0, 0.05) is 56.7 Å². The maximum Gasteiger partial charge on any atom is 0.257 e. The van der Waals surface area contributed by atoms with E-state index in [9.17, 15) is 22.8 Å². The summed E-state index contributed by atoms with van der Waals surface area (Å²) in [4.78, 5) is 35.1. The zero-order chi connectivity index (χ0) is 28.0. The molecule has 1 saturated heterocycles. The number of aromatic amines is 1. The van der Waals surface area contributed by atoms with Crippen molar-refractivity contribution in [3.8, 4) is 0 Å². The van der Waals surface area contributed by atoms with E-state index in [-0.39, 0.29) is 30.0 Å². The Morgan fingerprint density at radius 2 is 1.85 bits per heavy atom. The van der Waals surface area contributed by atoms with Crippen molar-refractivity contribution >= 4 is 23.0 Å². The molecule has 3 aliphatic rings. The lowest BCUT2D eigenvalue weighted by atomic mass is 10.1. The van der Waals surface area contributed by atoms with Crippen molar-refractivity contribution in [3.05, 3.63) is 86.6 Å². The number of likely N-dealkylation sites (tertiary alicyclic amines) is 1. The molecule has 0 spiro atoms. The van der Waals surface area contributed by atoms with Crippen LogP contribution in [0.1, 0.15) is 46.1 Å². The van der Waals surface area contributed by atoms with Crippen LogP contribution in [0.5, 0.6) is 0 Å². The van der Waals surface area contributed by atoms with E-state index in [2.05, 4.69) is 20.5 Å². The average molecular weight is 553 g/mol. The zero-order valence-corrected chi connectivity index (χ0v) is 22.2. The molecule has 3 aliphatic heterocycles. The topological polar surface area (TPSA) is 83.7 Å². The molecule has 1 atom stereocenters. The maximum absolute atomic E-state index is 14.1. The summed E-state index contributed by atoms with van der Waals surface area (Å²) < 4.78 is 41.3. The van der Waals surface area contributed by atoms with Gasteiger partial charge in [-0.05, 0) is 67.7 Å². The van der Waals surface area contributed by atoms with E-state index in [4.69, 9.17) is 0 Å². The van der Waals surface area contributed by atoms with Crippen LogP contribution in [0.2, 0.25) is 0 Å². The second-order valence-corrected chi connectivity index (χ2v) is 10.6. The fourth-order valence-corrected chi connectivity index (χ4v) is 5.96. The minimum absolute atomic E-state index is 0.0179. The third-order valence-corrected chi connectivity index (χ3v) is 8.10. The highest BCUT2D eigenvalue weighted by Crippen LogP contribution is 2.43. The second-order valence-electron chi connectivity index (χ2n) is 10.6. The first-order chi connectivity index (χ1) is 19.3. The fraction of sp³-hybridized carbons (Fsp3) is 0.379. The number of H-pyrrole nitrogens is 1. The Labute approximate surface area is 229 Å². The summed E-state index contributed by atoms with van der Waals surface area (Å²) in [5.41, 5.74) is 3.78. The molecular weight excluding hydrogens is 521 g/mol. The monoisotopic (exact) mass is 552 g/mol. The number of nitrogens with one attached hydrogen (secondary N) is 3. The Morgan fingerprint density at radius 1 is 1.05 bits per heavy atom. The average Bonchev–Trinajstić information content (AvgIpc) is 3.63. The van der Waals surface area contributed by atoms with Crippen molar-refractivity contribution in [2.24, 2.45) is 0 Å². The third kappa shape index (κ3) is 4.78. The number of carbonyl (C=O) groups is 1. The van der Waals surface area contributed by atoms with Crippen LogP contribution >= 0.6 is 0 Å². The van der Waals surface area contributed by atoms with E-state index < -0.39 is 23.6 Å². The van der Waals surface area contributed by atoms with Crippen molar-refractivity contribution in [2.45, 2.75) is 32.0 Å². The van der Waals surface area contributed by atoms with E-state index in [0.29, 0.717) is 36.0 Å². The zero-order valence-electron chi connectivity index (χ0n) is 22.2. The highest BCUT2D eigenvalue weighted by atomic mass is 19.2. The number of hydrogen-bond donors (Lipinski definition) is 3. The summed E-state index contributed by atoms with van der Waals surface area (Å²) in [6.45, 7) is 4.47. The molecule has 4 heterocycles. The number of fused-ring (bicyclic) bond motifs is 2. The molecule has 1 unspecified atom stereocenters. The number of aromatic nitrogens is 1. The summed E-state index contributed by atoms with van der Waals surface area (Å²) in [6.07, 6.45) is 3.42. The van der Waals surface area contributed by atoms with Crippen LogP contribution in [0.15, 0.2) is 41.3 Å². The number of carbonyl (C=O) groups excluding carboxylic acids is 1. The summed E-state index contributed by atoms with van der Waals surface area (Å²) in [7, 11) is 1.85. The van der Waals surface area contributed by atoms with Crippen molar-refractivity contribution in [1.29, 1.82) is 0 Å². The van der Waals surface area contributed by atoms with Gasteiger partial charge in [-0.2, -0.15) is 0 Å². The maximum atomic E-state index is 14.1. The minimum Gasteiger partial charge on any atom is -0.384 e. The first-order valence-corrected chi connectivity index (χ1v) is 13.6. The Hall–Kier alpha value is -3.99. The number of rotatable bonds is 8. The lowest BCUT2D eigenvalue weighted by Crippen LogP contribution is -2.34. The SMILES string of the molecule is CN1c2cc3c(cc2NC1c1c(NCCc2cc(F)cc(F)c2F)cc[nH]c1=O)CN(CCN1CCCC1)C3=O. The molecule has 1 aromatic heterocycles. The second kappa shape index (κ2) is 10.5. The van der Waals surface area contributed by atoms with Crippen LogP contribution in [0.3, 0.4) is 0 Å². The molecule has 3 N–H and O–H groups in total. The molecule has 1 amide bonds. The molecule has 1 fully saturated rings. The van der Waals surface area contributed by atoms with E-state index in [0.717, 1.165) is 42.6 Å². The normalized spacial score (nSPS) is 18.3. The third-order valence-electron chi connectivity index (χ3n) is 8.10. The largest absolute Gasteiger partial charge is 0.384 e. The molecule has 40 heavy (non-hydrogen) atoms. The van der Waals surface area contributed by atoms with E-state index in [1.807, 2.05) is 29.0 Å². The predicted molar refractivity (Wildman–Crippen MR) is 147 cm³/mol. The summed E-state index contributed by atoms with van der Waals surface area (Å²) in [5, 5.41) is 6.54. The number of halogens is 3. The van der Waals surface area contributed by atoms with Crippen LogP contribution in [-0.2, 0) is 13.0 Å². The van der Waals surface area contributed by atoms with Crippen LogP contribution < -0.4 is 21.1 Å². The Bertz CT molecular complexity index is 1520. The van der Waals surface area contributed by atoms with Gasteiger partial charge in [0.25, 0.3) is 11.5 Å². The van der Waals surface area contributed by atoms with Gasteiger partial charge in [-0.25, -0.2) is 13.2 Å². The van der Waals surface area contributed by atoms with Gasteiger partial charge in [-0.3, -0.25) is 9.59 Å². The Kier molecular flexibility index (Phi) is 6.91. The van der Waals surface area contributed by atoms with Gasteiger partial charge in [-0.15, -0.1) is 0 Å². The fourth-order valence-electron chi connectivity index (χ4n) is 5.96. The van der Waals surface area contributed by atoms with E-state index in [1.54, 1.807) is 6.07 Å². The first kappa shape index (κ1) is 26.2. The molecule has 6 rings (SSSR count). The van der Waals surface area contributed by atoms with Gasteiger partial charge < -0.3 is 30.3 Å². The summed E-state index contributed by atoms with van der Waals surface area (Å²) in [6, 6.07) is 7.05. The van der Waals surface area contributed by atoms with E-state index in [1.165, 1.54) is 19.0 Å². The number of benzene rings is 2. The molecular formula is C29H31F3N6O2. The summed E-state index contributed by atoms with van der Waals surface area (Å²) in [5.74, 6) is -3.14. The van der Waals surface area contributed by atoms with E-state index >= 15 is 0 Å². The smallest absolute Gasteiger partial charge is 0.257 e. The lowest BCUT2D eigenvalue weighted by Gasteiger charge is -2.24. The van der Waals surface area contributed by atoms with Crippen LogP contribution in [0.4, 0.5) is 30.2 Å². The predicted octanol–water partition coefficient (Wildman–Crippen LogP) is 4.06. The molecule has 11 heteroatoms. The first-order valence-electron chi connectivity index (χ1n) is 13.6. The molecule has 0 radical (unpaired) electrons. The van der Waals surface area contributed by atoms with Gasteiger partial charge in [0.2, 0.25) is 0 Å². The van der Waals surface area contributed by atoms with Crippen molar-refractivity contribution in [1.82, 2.24) is 14.8 Å². The number of hydrogen-bond acceptors (Lipinski definition) is 6. The number of nitrogens with zero attached hydrogens (tertiary/aromatic N) is 3. The van der Waals surface area contributed by atoms with Crippen LogP contribution in [0, 0.1) is 17.5 Å². The van der Waals surface area contributed by atoms with Crippen LogP contribution in [-0.4, -0.2) is 60.5 Å². The highest BCUT2D eigenvalue weighted by molar-refractivity contribution is 6.01. The number of pyridine rings is 1. The standard InChI is InChI=1S/C29H31F3N6O2/c1-36-24-15-20-18(16-38(29(20)40)11-10-37-8-2-3-9-37)13-23(24)35-27(36)25-22(5-7-34-28(25)39)33-6-4-17-12-19(30)14-21(31)26(17)32/h5,7,12-15,27,35H,2-4,6,8-11,16H2,1H3,(H2,33,34,39). The molecule has 8 nitrogen and oxygen atoms in total. The molecule has 3 aromatic rings. The van der Waals surface area contributed by atoms with Gasteiger partial charge >= 0.3 is 0 Å². The van der Waals surface area contributed by atoms with Gasteiger partial charge in [0.15, 0.2) is 11.6 Å². The number of amides is 1. The van der Waals surface area contributed by atoms with Gasteiger partial charge in [0.05, 0.1) is 16.9 Å². The molecule has 0 saturated carbocycles. The highest BCUT2D eigenvalue weighted by Gasteiger charge is 2.35. The van der Waals surface area contributed by atoms with Crippen molar-refractivity contribution < 1.29 is 18.0 Å². The molecule has 0 bridgehead atoms. The minimum atomic E-state index is -1.23. The van der Waals surface area contributed by atoms with Crippen molar-refractivity contribution in [2.75, 3.05) is 55.3 Å². The quantitative estimate of drug-likeness (QED) is 0.366. The Balaban J connectivity index is 1.18. The molecule has 0 aliphatic carbocycles. The van der Waals surface area contributed by atoms with Gasteiger partial charge in [-0.1, -0.05) is 0 Å². The molecule has 210 valence electrons. The number of anilines is 3. The summed E-state index contributed by atoms with van der Waals surface area (Å²) >= 11 is 0. The van der Waals surface area contributed by atoms with Gasteiger partial charge in [0.1, 0.15) is 12.0 Å². The molecule has 2 aromatic carbocycles. The van der Waals surface area contributed by atoms with Crippen LogP contribution in [0.25, 0.3) is 0 Å². The lowest BCUT2D eigenvalue weighted by molar-refractivity contribution is 0.0763.